The zero-order valence-electron chi connectivity index (χ0n) is 10.6. The summed E-state index contributed by atoms with van der Waals surface area (Å²) in [7, 11) is -2.19. The van der Waals surface area contributed by atoms with Gasteiger partial charge in [-0.3, -0.25) is 4.79 Å². The molecule has 5 nitrogen and oxygen atoms in total. The molecule has 1 amide bonds. The van der Waals surface area contributed by atoms with Crippen LogP contribution in [0.4, 0.5) is 4.39 Å². The molecule has 106 valence electrons. The maximum absolute atomic E-state index is 12.7. The largest absolute Gasteiger partial charge is 0.385 e. The monoisotopic (exact) mass is 289 g/mol. The minimum atomic E-state index is -3.73. The topological polar surface area (TPSA) is 72.5 Å². The third kappa shape index (κ3) is 5.35. The number of carbonyl (C=O) groups excluding carboxylic acids is 1. The number of halogens is 1. The number of methoxy groups -OCH3 is 1. The molecular formula is C12H16FNO4S. The van der Waals surface area contributed by atoms with E-state index in [1.54, 1.807) is 7.11 Å². The van der Waals surface area contributed by atoms with E-state index >= 15 is 0 Å². The second kappa shape index (κ2) is 7.20. The molecule has 0 fully saturated rings. The van der Waals surface area contributed by atoms with Gasteiger partial charge in [-0.1, -0.05) is 0 Å². The van der Waals surface area contributed by atoms with Crippen molar-refractivity contribution in [1.29, 1.82) is 0 Å². The van der Waals surface area contributed by atoms with Crippen LogP contribution < -0.4 is 5.32 Å². The molecular weight excluding hydrogens is 273 g/mol. The molecule has 0 aliphatic heterocycles. The molecule has 7 heteroatoms. The number of hydrogen-bond donors (Lipinski definition) is 1. The molecule has 0 aliphatic rings. The third-order valence-corrected chi connectivity index (χ3v) is 3.97. The molecule has 19 heavy (non-hydrogen) atoms. The molecule has 0 aromatic heterocycles. The van der Waals surface area contributed by atoms with Gasteiger partial charge in [0, 0.05) is 20.3 Å². The van der Waals surface area contributed by atoms with Gasteiger partial charge in [-0.05, 0) is 30.7 Å². The predicted molar refractivity (Wildman–Crippen MR) is 68.0 cm³/mol. The van der Waals surface area contributed by atoms with Crippen molar-refractivity contribution < 1.29 is 22.3 Å². The second-order valence-corrected chi connectivity index (χ2v) is 5.90. The summed E-state index contributed by atoms with van der Waals surface area (Å²) in [6.45, 7) is 0.844. The summed E-state index contributed by atoms with van der Waals surface area (Å²) < 4.78 is 41.2. The number of ether oxygens (including phenoxy) is 1. The Morgan fingerprint density at radius 2 is 1.95 bits per heavy atom. The van der Waals surface area contributed by atoms with Crippen molar-refractivity contribution in [2.24, 2.45) is 0 Å². The van der Waals surface area contributed by atoms with E-state index in [0.29, 0.717) is 19.6 Å². The fourth-order valence-electron chi connectivity index (χ4n) is 1.39. The summed E-state index contributed by atoms with van der Waals surface area (Å²) in [6.07, 6.45) is 0.610. The number of hydrogen-bond acceptors (Lipinski definition) is 4. The molecule has 0 atom stereocenters. The molecule has 1 aromatic rings. The lowest BCUT2D eigenvalue weighted by molar-refractivity contribution is -0.118. The Kier molecular flexibility index (Phi) is 5.91. The van der Waals surface area contributed by atoms with Gasteiger partial charge in [-0.25, -0.2) is 12.8 Å². The lowest BCUT2D eigenvalue weighted by Crippen LogP contribution is -2.31. The quantitative estimate of drug-likeness (QED) is 0.594. The van der Waals surface area contributed by atoms with Gasteiger partial charge >= 0.3 is 0 Å². The van der Waals surface area contributed by atoms with Crippen LogP contribution in [0.25, 0.3) is 0 Å². The number of carbonyl (C=O) groups is 1. The van der Waals surface area contributed by atoms with E-state index in [0.717, 1.165) is 24.3 Å². The lowest BCUT2D eigenvalue weighted by Gasteiger charge is -2.06. The minimum absolute atomic E-state index is 0.0686. The second-order valence-electron chi connectivity index (χ2n) is 3.91. The van der Waals surface area contributed by atoms with Crippen LogP contribution in [0.3, 0.4) is 0 Å². The molecule has 0 aliphatic carbocycles. The molecule has 1 aromatic carbocycles. The van der Waals surface area contributed by atoms with Gasteiger partial charge in [0.25, 0.3) is 0 Å². The zero-order chi connectivity index (χ0) is 14.3. The fraction of sp³-hybridized carbons (Fsp3) is 0.417. The molecule has 0 spiro atoms. The standard InChI is InChI=1S/C12H16FNO4S/c1-18-8-2-7-14-12(15)9-19(16,17)11-5-3-10(13)4-6-11/h3-6H,2,7-9H2,1H3,(H,14,15). The van der Waals surface area contributed by atoms with Crippen molar-refractivity contribution in [2.45, 2.75) is 11.3 Å². The zero-order valence-corrected chi connectivity index (χ0v) is 11.4. The summed E-state index contributed by atoms with van der Waals surface area (Å²) in [4.78, 5) is 11.4. The fourth-order valence-corrected chi connectivity index (χ4v) is 2.56. The minimum Gasteiger partial charge on any atom is -0.385 e. The Morgan fingerprint density at radius 1 is 1.32 bits per heavy atom. The molecule has 1 rings (SSSR count). The van der Waals surface area contributed by atoms with Crippen LogP contribution in [0.2, 0.25) is 0 Å². The number of rotatable bonds is 7. The normalized spacial score (nSPS) is 11.3. The van der Waals surface area contributed by atoms with Gasteiger partial charge in [0.1, 0.15) is 11.6 Å². The highest BCUT2D eigenvalue weighted by Gasteiger charge is 2.18. The van der Waals surface area contributed by atoms with E-state index in [-0.39, 0.29) is 4.90 Å². The Balaban J connectivity index is 2.55. The van der Waals surface area contributed by atoms with Crippen LogP contribution in [0.1, 0.15) is 6.42 Å². The first-order valence-corrected chi connectivity index (χ1v) is 7.35. The summed E-state index contributed by atoms with van der Waals surface area (Å²) in [5.41, 5.74) is 0. The highest BCUT2D eigenvalue weighted by Crippen LogP contribution is 2.11. The van der Waals surface area contributed by atoms with Gasteiger partial charge in [0.2, 0.25) is 5.91 Å². The predicted octanol–water partition coefficient (Wildman–Crippen LogP) is 0.752. The molecule has 0 unspecified atom stereocenters. The molecule has 0 radical (unpaired) electrons. The van der Waals surface area contributed by atoms with E-state index in [9.17, 15) is 17.6 Å². The third-order valence-electron chi connectivity index (χ3n) is 2.34. The van der Waals surface area contributed by atoms with Gasteiger partial charge in [0.15, 0.2) is 9.84 Å². The highest BCUT2D eigenvalue weighted by atomic mass is 32.2. The van der Waals surface area contributed by atoms with Crippen molar-refractivity contribution in [3.8, 4) is 0 Å². The van der Waals surface area contributed by atoms with Gasteiger partial charge in [0.05, 0.1) is 4.90 Å². The maximum Gasteiger partial charge on any atom is 0.235 e. The Hall–Kier alpha value is -1.47. The van der Waals surface area contributed by atoms with Gasteiger partial charge < -0.3 is 10.1 Å². The average molecular weight is 289 g/mol. The van der Waals surface area contributed by atoms with Crippen LogP contribution in [0.15, 0.2) is 29.2 Å². The van der Waals surface area contributed by atoms with Crippen LogP contribution in [-0.4, -0.2) is 40.3 Å². The van der Waals surface area contributed by atoms with E-state index in [2.05, 4.69) is 5.32 Å². The molecule has 0 heterocycles. The van der Waals surface area contributed by atoms with Gasteiger partial charge in [-0.15, -0.1) is 0 Å². The molecule has 1 N–H and O–H groups in total. The van der Waals surface area contributed by atoms with Gasteiger partial charge in [-0.2, -0.15) is 0 Å². The number of benzene rings is 1. The maximum atomic E-state index is 12.7. The number of amides is 1. The Bertz CT molecular complexity index is 513. The summed E-state index contributed by atoms with van der Waals surface area (Å²) >= 11 is 0. The van der Waals surface area contributed by atoms with E-state index in [4.69, 9.17) is 4.74 Å². The van der Waals surface area contributed by atoms with Crippen LogP contribution >= 0.6 is 0 Å². The van der Waals surface area contributed by atoms with E-state index in [1.165, 1.54) is 0 Å². The van der Waals surface area contributed by atoms with Crippen molar-refractivity contribution in [3.63, 3.8) is 0 Å². The average Bonchev–Trinajstić information content (AvgIpc) is 2.34. The van der Waals surface area contributed by atoms with E-state index < -0.39 is 27.3 Å². The molecule has 0 saturated carbocycles. The first-order valence-electron chi connectivity index (χ1n) is 5.69. The Labute approximate surface area is 111 Å². The van der Waals surface area contributed by atoms with Crippen molar-refractivity contribution in [2.75, 3.05) is 26.0 Å². The number of sulfone groups is 1. The van der Waals surface area contributed by atoms with Crippen LogP contribution in [0.5, 0.6) is 0 Å². The highest BCUT2D eigenvalue weighted by molar-refractivity contribution is 7.92. The SMILES string of the molecule is COCCCNC(=O)CS(=O)(=O)c1ccc(F)cc1. The molecule has 0 bridgehead atoms. The summed E-state index contributed by atoms with van der Waals surface area (Å²) in [5.74, 6) is -1.76. The lowest BCUT2D eigenvalue weighted by atomic mass is 10.4. The van der Waals surface area contributed by atoms with Crippen molar-refractivity contribution in [1.82, 2.24) is 5.32 Å². The first-order chi connectivity index (χ1) is 8.95. The van der Waals surface area contributed by atoms with Crippen molar-refractivity contribution >= 4 is 15.7 Å². The Morgan fingerprint density at radius 3 is 2.53 bits per heavy atom. The first kappa shape index (κ1) is 15.6. The van der Waals surface area contributed by atoms with Crippen molar-refractivity contribution in [3.05, 3.63) is 30.1 Å². The van der Waals surface area contributed by atoms with Crippen LogP contribution in [-0.2, 0) is 19.4 Å². The summed E-state index contributed by atoms with van der Waals surface area (Å²) in [5, 5.41) is 2.48. The van der Waals surface area contributed by atoms with Crippen LogP contribution in [0, 0.1) is 5.82 Å². The summed E-state index contributed by atoms with van der Waals surface area (Å²) in [6, 6.07) is 4.37. The number of nitrogens with one attached hydrogen (secondary N) is 1. The van der Waals surface area contributed by atoms with E-state index in [1.807, 2.05) is 0 Å². The molecule has 0 saturated heterocycles. The smallest absolute Gasteiger partial charge is 0.235 e.